The van der Waals surface area contributed by atoms with Crippen molar-refractivity contribution in [3.63, 3.8) is 0 Å². The Hall–Kier alpha value is -3.21. The average molecular weight is 332 g/mol. The molecular weight excluding hydrogens is 315 g/mol. The predicted octanol–water partition coefficient (Wildman–Crippen LogP) is 5.00. The zero-order chi connectivity index (χ0) is 17.2. The van der Waals surface area contributed by atoms with Crippen LogP contribution in [0.4, 0.5) is 15.8 Å². The number of aromatic nitrogens is 3. The van der Waals surface area contributed by atoms with Crippen LogP contribution in [-0.4, -0.2) is 14.8 Å². The summed E-state index contributed by atoms with van der Waals surface area (Å²) in [5.41, 5.74) is 4.25. The third kappa shape index (κ3) is 2.85. The van der Waals surface area contributed by atoms with Gasteiger partial charge < -0.3 is 5.32 Å². The Kier molecular flexibility index (Phi) is 3.90. The molecule has 4 nitrogen and oxygen atoms in total. The van der Waals surface area contributed by atoms with Crippen LogP contribution in [0.15, 0.2) is 67.0 Å². The van der Waals surface area contributed by atoms with Crippen LogP contribution in [0.5, 0.6) is 0 Å². The monoisotopic (exact) mass is 332 g/mol. The second kappa shape index (κ2) is 6.36. The average Bonchev–Trinajstić information content (AvgIpc) is 3.11. The Morgan fingerprint density at radius 2 is 1.96 bits per heavy atom. The summed E-state index contributed by atoms with van der Waals surface area (Å²) in [4.78, 5) is 4.25. The van der Waals surface area contributed by atoms with Gasteiger partial charge in [0.1, 0.15) is 11.3 Å². The summed E-state index contributed by atoms with van der Waals surface area (Å²) in [7, 11) is 0. The first-order valence-corrected chi connectivity index (χ1v) is 8.19. The summed E-state index contributed by atoms with van der Waals surface area (Å²) in [6.45, 7) is 2.86. The third-order valence-electron chi connectivity index (χ3n) is 4.16. The largest absolute Gasteiger partial charge is 0.354 e. The van der Waals surface area contributed by atoms with Gasteiger partial charge in [0.05, 0.1) is 17.6 Å². The number of fused-ring (bicyclic) bond motifs is 1. The summed E-state index contributed by atoms with van der Waals surface area (Å²) in [6, 6.07) is 16.9. The number of anilines is 2. The van der Waals surface area contributed by atoms with E-state index in [1.165, 1.54) is 6.07 Å². The summed E-state index contributed by atoms with van der Waals surface area (Å²) in [5.74, 6) is -0.309. The molecule has 25 heavy (non-hydrogen) atoms. The Bertz CT molecular complexity index is 1040. The van der Waals surface area contributed by atoms with E-state index in [2.05, 4.69) is 28.4 Å². The van der Waals surface area contributed by atoms with E-state index in [9.17, 15) is 4.39 Å². The molecule has 0 atom stereocenters. The number of nitrogens with one attached hydrogen (secondary N) is 1. The normalized spacial score (nSPS) is 11.0. The molecule has 0 spiro atoms. The minimum Gasteiger partial charge on any atom is -0.354 e. The van der Waals surface area contributed by atoms with E-state index in [-0.39, 0.29) is 5.82 Å². The van der Waals surface area contributed by atoms with Crippen molar-refractivity contribution in [1.82, 2.24) is 14.8 Å². The van der Waals surface area contributed by atoms with E-state index < -0.39 is 0 Å². The van der Waals surface area contributed by atoms with Gasteiger partial charge in [0.25, 0.3) is 0 Å². The molecule has 0 bridgehead atoms. The fourth-order valence-electron chi connectivity index (χ4n) is 2.98. The quantitative estimate of drug-likeness (QED) is 0.572. The molecule has 0 aliphatic carbocycles. The van der Waals surface area contributed by atoms with Crippen LogP contribution in [0.3, 0.4) is 0 Å². The molecule has 4 aromatic rings. The van der Waals surface area contributed by atoms with E-state index in [0.717, 1.165) is 34.6 Å². The van der Waals surface area contributed by atoms with Gasteiger partial charge in [-0.2, -0.15) is 5.10 Å². The number of halogens is 1. The van der Waals surface area contributed by atoms with Crippen LogP contribution in [0, 0.1) is 5.82 Å². The molecular formula is C20H17FN4. The molecule has 2 aromatic heterocycles. The Morgan fingerprint density at radius 3 is 2.84 bits per heavy atom. The number of nitrogens with zero attached hydrogens (tertiary/aromatic N) is 3. The van der Waals surface area contributed by atoms with E-state index in [4.69, 9.17) is 0 Å². The Balaban J connectivity index is 1.75. The molecule has 5 heteroatoms. The van der Waals surface area contributed by atoms with Gasteiger partial charge in [-0.05, 0) is 31.2 Å². The maximum Gasteiger partial charge on any atom is 0.149 e. The van der Waals surface area contributed by atoms with Gasteiger partial charge in [0.15, 0.2) is 0 Å². The molecule has 0 saturated carbocycles. The molecule has 0 radical (unpaired) electrons. The second-order valence-electron chi connectivity index (χ2n) is 5.74. The lowest BCUT2D eigenvalue weighted by Gasteiger charge is -2.13. The van der Waals surface area contributed by atoms with Gasteiger partial charge in [-0.1, -0.05) is 30.3 Å². The first kappa shape index (κ1) is 15.3. The van der Waals surface area contributed by atoms with Crippen molar-refractivity contribution >= 4 is 22.3 Å². The standard InChI is InChI=1S/C20H17FN4/c1-2-25-19(10-11-23-25)16-7-3-4-9-18(16)24-15-12-14-6-5-8-17(21)20(14)22-13-15/h3-13,24H,2H2,1H3. The predicted molar refractivity (Wildman–Crippen MR) is 98.3 cm³/mol. The van der Waals surface area contributed by atoms with E-state index >= 15 is 0 Å². The fourth-order valence-corrected chi connectivity index (χ4v) is 2.98. The number of hydrogen-bond acceptors (Lipinski definition) is 3. The van der Waals surface area contributed by atoms with E-state index in [0.29, 0.717) is 5.52 Å². The highest BCUT2D eigenvalue weighted by Crippen LogP contribution is 2.30. The lowest BCUT2D eigenvalue weighted by atomic mass is 10.1. The smallest absolute Gasteiger partial charge is 0.149 e. The second-order valence-corrected chi connectivity index (χ2v) is 5.74. The highest BCUT2D eigenvalue weighted by Gasteiger charge is 2.10. The first-order valence-electron chi connectivity index (χ1n) is 8.19. The van der Waals surface area contributed by atoms with Crippen LogP contribution in [0.25, 0.3) is 22.2 Å². The molecule has 1 N–H and O–H groups in total. The van der Waals surface area contributed by atoms with Gasteiger partial charge in [0, 0.05) is 29.4 Å². The number of benzene rings is 2. The van der Waals surface area contributed by atoms with Crippen molar-refractivity contribution in [3.8, 4) is 11.3 Å². The van der Waals surface area contributed by atoms with Crippen molar-refractivity contribution in [2.45, 2.75) is 13.5 Å². The van der Waals surface area contributed by atoms with Gasteiger partial charge in [-0.15, -0.1) is 0 Å². The van der Waals surface area contributed by atoms with Crippen LogP contribution in [-0.2, 0) is 6.54 Å². The molecule has 0 fully saturated rings. The SMILES string of the molecule is CCn1nccc1-c1ccccc1Nc1cnc2c(F)cccc2c1. The lowest BCUT2D eigenvalue weighted by molar-refractivity contribution is 0.637. The highest BCUT2D eigenvalue weighted by atomic mass is 19.1. The minimum absolute atomic E-state index is 0.309. The van der Waals surface area contributed by atoms with Crippen LogP contribution < -0.4 is 5.32 Å². The van der Waals surface area contributed by atoms with Gasteiger partial charge in [-0.25, -0.2) is 4.39 Å². The molecule has 0 aliphatic heterocycles. The summed E-state index contributed by atoms with van der Waals surface area (Å²) in [6.07, 6.45) is 3.45. The first-order chi connectivity index (χ1) is 12.3. The van der Waals surface area contributed by atoms with Gasteiger partial charge >= 0.3 is 0 Å². The summed E-state index contributed by atoms with van der Waals surface area (Å²) < 4.78 is 15.7. The van der Waals surface area contributed by atoms with Crippen molar-refractivity contribution < 1.29 is 4.39 Å². The van der Waals surface area contributed by atoms with Gasteiger partial charge in [-0.3, -0.25) is 9.67 Å². The molecule has 124 valence electrons. The summed E-state index contributed by atoms with van der Waals surface area (Å²) >= 11 is 0. The molecule has 4 rings (SSSR count). The summed E-state index contributed by atoms with van der Waals surface area (Å²) in [5, 5.41) is 8.51. The van der Waals surface area contributed by atoms with Crippen LogP contribution in [0.1, 0.15) is 6.92 Å². The maximum absolute atomic E-state index is 13.8. The highest BCUT2D eigenvalue weighted by molar-refractivity contribution is 5.85. The molecule has 2 heterocycles. The van der Waals surface area contributed by atoms with E-state index in [1.54, 1.807) is 18.5 Å². The number of pyridine rings is 1. The topological polar surface area (TPSA) is 42.7 Å². The number of aryl methyl sites for hydroxylation is 1. The Labute approximate surface area is 144 Å². The zero-order valence-corrected chi connectivity index (χ0v) is 13.8. The van der Waals surface area contributed by atoms with Crippen molar-refractivity contribution in [1.29, 1.82) is 0 Å². The van der Waals surface area contributed by atoms with Gasteiger partial charge in [0.2, 0.25) is 0 Å². The number of hydrogen-bond donors (Lipinski definition) is 1. The molecule has 0 unspecified atom stereocenters. The van der Waals surface area contributed by atoms with Crippen molar-refractivity contribution in [2.24, 2.45) is 0 Å². The van der Waals surface area contributed by atoms with Crippen LogP contribution >= 0.6 is 0 Å². The van der Waals surface area contributed by atoms with Crippen molar-refractivity contribution in [2.75, 3.05) is 5.32 Å². The fraction of sp³-hybridized carbons (Fsp3) is 0.100. The molecule has 0 aliphatic rings. The molecule has 2 aromatic carbocycles. The maximum atomic E-state index is 13.8. The Morgan fingerprint density at radius 1 is 1.08 bits per heavy atom. The van der Waals surface area contributed by atoms with Crippen LogP contribution in [0.2, 0.25) is 0 Å². The lowest BCUT2D eigenvalue weighted by Crippen LogP contribution is -2.01. The molecule has 0 amide bonds. The van der Waals surface area contributed by atoms with E-state index in [1.807, 2.05) is 41.1 Å². The number of para-hydroxylation sites is 2. The number of rotatable bonds is 4. The minimum atomic E-state index is -0.309. The third-order valence-corrected chi connectivity index (χ3v) is 4.16. The molecule has 0 saturated heterocycles. The van der Waals surface area contributed by atoms with Crippen molar-refractivity contribution in [3.05, 3.63) is 72.8 Å². The zero-order valence-electron chi connectivity index (χ0n) is 13.8.